The molecular weight excluding hydrogens is 348 g/mol. The van der Waals surface area contributed by atoms with E-state index in [1.54, 1.807) is 0 Å². The molecule has 0 saturated heterocycles. The van der Waals surface area contributed by atoms with Crippen LogP contribution in [0.25, 0.3) is 0 Å². The Hall–Kier alpha value is -1.11. The molecule has 0 heterocycles. The fraction of sp³-hybridized carbons (Fsp3) is 0.800. The molecular formula is C25H45O3+. The molecule has 0 aliphatic heterocycles. The molecule has 0 radical (unpaired) electrons. The average Bonchev–Trinajstić information content (AvgIpc) is 2.71. The van der Waals surface area contributed by atoms with Gasteiger partial charge in [0, 0.05) is 13.0 Å². The number of unbranched alkanes of at least 4 members (excludes halogenated alkanes) is 12. The number of carbonyl (C=O) groups excluding carboxylic acids is 1. The van der Waals surface area contributed by atoms with Gasteiger partial charge >= 0.3 is 0 Å². The zero-order chi connectivity index (χ0) is 20.4. The highest BCUT2D eigenvalue weighted by atomic mass is 16.5. The van der Waals surface area contributed by atoms with Gasteiger partial charge < -0.3 is 9.47 Å². The van der Waals surface area contributed by atoms with E-state index in [9.17, 15) is 0 Å². The SMILES string of the molecule is CCCCCCCCCCC/C=C/C#CCCOCCOCCCCCC=[OH+]. The minimum Gasteiger partial charge on any atom is -0.379 e. The first-order chi connectivity index (χ1) is 13.9. The number of hydrogen-bond donors (Lipinski definition) is 0. The Morgan fingerprint density at radius 3 is 2.00 bits per heavy atom. The first-order valence-corrected chi connectivity index (χ1v) is 11.7. The van der Waals surface area contributed by atoms with Crippen molar-refractivity contribution in [1.82, 2.24) is 0 Å². The fourth-order valence-corrected chi connectivity index (χ4v) is 2.91. The number of aldehydes is 1. The van der Waals surface area contributed by atoms with Gasteiger partial charge in [-0.1, -0.05) is 82.6 Å². The quantitative estimate of drug-likeness (QED) is 0.0950. The van der Waals surface area contributed by atoms with Gasteiger partial charge in [0.1, 0.15) is 0 Å². The zero-order valence-electron chi connectivity index (χ0n) is 18.4. The predicted molar refractivity (Wildman–Crippen MR) is 121 cm³/mol. The van der Waals surface area contributed by atoms with Crippen LogP contribution in [0.2, 0.25) is 0 Å². The molecule has 0 rings (SSSR count). The summed E-state index contributed by atoms with van der Waals surface area (Å²) < 4.78 is 11.0. The Kier molecular flexibility index (Phi) is 24.9. The second-order valence-corrected chi connectivity index (χ2v) is 7.35. The highest BCUT2D eigenvalue weighted by Crippen LogP contribution is 2.10. The van der Waals surface area contributed by atoms with Crippen LogP contribution >= 0.6 is 0 Å². The van der Waals surface area contributed by atoms with Crippen LogP contribution in [0.4, 0.5) is 0 Å². The lowest BCUT2D eigenvalue weighted by Gasteiger charge is -2.04. The summed E-state index contributed by atoms with van der Waals surface area (Å²) in [6.45, 7) is 5.01. The second kappa shape index (κ2) is 25.9. The molecule has 28 heavy (non-hydrogen) atoms. The molecule has 0 fully saturated rings. The first kappa shape index (κ1) is 26.9. The van der Waals surface area contributed by atoms with Crippen molar-refractivity contribution < 1.29 is 14.3 Å². The van der Waals surface area contributed by atoms with E-state index in [-0.39, 0.29) is 0 Å². The van der Waals surface area contributed by atoms with Crippen LogP contribution in [0, 0.1) is 11.8 Å². The normalized spacial score (nSPS) is 10.9. The third kappa shape index (κ3) is 24.9. The maximum absolute atomic E-state index is 8.56. The predicted octanol–water partition coefficient (Wildman–Crippen LogP) is 6.63. The van der Waals surface area contributed by atoms with Crippen molar-refractivity contribution in [2.24, 2.45) is 0 Å². The number of hydrogen-bond acceptors (Lipinski definition) is 2. The molecule has 3 nitrogen and oxygen atoms in total. The van der Waals surface area contributed by atoms with E-state index in [1.807, 2.05) is 6.08 Å². The molecule has 162 valence electrons. The van der Waals surface area contributed by atoms with Crippen molar-refractivity contribution in [2.75, 3.05) is 26.4 Å². The maximum Gasteiger partial charge on any atom is 0.281 e. The van der Waals surface area contributed by atoms with Crippen molar-refractivity contribution >= 4 is 6.29 Å². The van der Waals surface area contributed by atoms with Gasteiger partial charge in [-0.2, -0.15) is 0 Å². The summed E-state index contributed by atoms with van der Waals surface area (Å²) >= 11 is 0. The molecule has 0 bridgehead atoms. The van der Waals surface area contributed by atoms with Crippen LogP contribution < -0.4 is 0 Å². The van der Waals surface area contributed by atoms with Crippen LogP contribution in [-0.2, 0) is 9.47 Å². The van der Waals surface area contributed by atoms with Gasteiger partial charge in [0.2, 0.25) is 0 Å². The average molecular weight is 394 g/mol. The van der Waals surface area contributed by atoms with Crippen molar-refractivity contribution in [3.8, 4) is 11.8 Å². The molecule has 0 aliphatic carbocycles. The Labute approximate surface area is 174 Å². The lowest BCUT2D eigenvalue weighted by Crippen LogP contribution is -2.05. The highest BCUT2D eigenvalue weighted by Gasteiger charge is 1.93. The summed E-state index contributed by atoms with van der Waals surface area (Å²) in [6, 6.07) is 0. The van der Waals surface area contributed by atoms with Gasteiger partial charge in [0.25, 0.3) is 6.29 Å². The largest absolute Gasteiger partial charge is 0.379 e. The van der Waals surface area contributed by atoms with Crippen LogP contribution in [0.15, 0.2) is 12.2 Å². The van der Waals surface area contributed by atoms with Gasteiger partial charge in [-0.3, -0.25) is 4.79 Å². The van der Waals surface area contributed by atoms with Crippen LogP contribution in [0.5, 0.6) is 0 Å². The van der Waals surface area contributed by atoms with E-state index in [0.29, 0.717) is 19.8 Å². The van der Waals surface area contributed by atoms with Crippen molar-refractivity contribution in [1.29, 1.82) is 0 Å². The lowest BCUT2D eigenvalue weighted by molar-refractivity contribution is 0.0485. The fourth-order valence-electron chi connectivity index (χ4n) is 2.91. The van der Waals surface area contributed by atoms with Crippen LogP contribution in [-0.4, -0.2) is 37.5 Å². The summed E-state index contributed by atoms with van der Waals surface area (Å²) in [6.07, 6.45) is 23.7. The molecule has 3 heteroatoms. The summed E-state index contributed by atoms with van der Waals surface area (Å²) in [5.41, 5.74) is 0. The summed E-state index contributed by atoms with van der Waals surface area (Å²) in [5, 5.41) is 0. The smallest absolute Gasteiger partial charge is 0.281 e. The highest BCUT2D eigenvalue weighted by molar-refractivity contribution is 5.50. The molecule has 0 aromatic rings. The summed E-state index contributed by atoms with van der Waals surface area (Å²) in [7, 11) is 0. The standard InChI is InChI=1S/C25H44O3/c1-2-3-4-5-6-7-8-9-10-11-12-13-14-16-19-22-27-24-25-28-23-20-17-15-18-21-26/h12-13,21H,2-11,15,17-20,22-25H2,1H3/p+1/b13-12+. The van der Waals surface area contributed by atoms with Gasteiger partial charge in [-0.05, 0) is 31.8 Å². The Morgan fingerprint density at radius 1 is 0.679 bits per heavy atom. The van der Waals surface area contributed by atoms with Crippen molar-refractivity contribution in [2.45, 2.75) is 103 Å². The van der Waals surface area contributed by atoms with Gasteiger partial charge in [-0.15, -0.1) is 0 Å². The number of allylic oxidation sites excluding steroid dienone is 2. The van der Waals surface area contributed by atoms with E-state index >= 15 is 0 Å². The van der Waals surface area contributed by atoms with E-state index in [1.165, 1.54) is 64.1 Å². The van der Waals surface area contributed by atoms with E-state index < -0.39 is 0 Å². The minimum absolute atomic E-state index is 0.639. The van der Waals surface area contributed by atoms with Crippen LogP contribution in [0.3, 0.4) is 0 Å². The van der Waals surface area contributed by atoms with Crippen molar-refractivity contribution in [3.63, 3.8) is 0 Å². The lowest BCUT2D eigenvalue weighted by atomic mass is 10.1. The van der Waals surface area contributed by atoms with Gasteiger partial charge in [0.05, 0.1) is 26.2 Å². The molecule has 0 atom stereocenters. The molecule has 0 aromatic carbocycles. The third-order valence-electron chi connectivity index (χ3n) is 4.64. The molecule has 0 unspecified atom stereocenters. The van der Waals surface area contributed by atoms with Gasteiger partial charge in [0.15, 0.2) is 0 Å². The third-order valence-corrected chi connectivity index (χ3v) is 4.64. The molecule has 0 aliphatic rings. The zero-order valence-corrected chi connectivity index (χ0v) is 18.4. The maximum atomic E-state index is 8.56. The first-order valence-electron chi connectivity index (χ1n) is 11.7. The summed E-state index contributed by atoms with van der Waals surface area (Å²) in [5.74, 6) is 6.22. The Morgan fingerprint density at radius 2 is 1.29 bits per heavy atom. The molecule has 0 saturated carbocycles. The number of rotatable bonds is 21. The molecule has 1 N–H and O–H groups in total. The van der Waals surface area contributed by atoms with Gasteiger partial charge in [-0.25, -0.2) is 0 Å². The molecule has 0 aromatic heterocycles. The van der Waals surface area contributed by atoms with Crippen molar-refractivity contribution in [3.05, 3.63) is 12.2 Å². The second-order valence-electron chi connectivity index (χ2n) is 7.35. The Bertz CT molecular complexity index is 392. The monoisotopic (exact) mass is 393 g/mol. The van der Waals surface area contributed by atoms with Crippen LogP contribution in [0.1, 0.15) is 103 Å². The molecule has 0 amide bonds. The minimum atomic E-state index is 0.639. The summed E-state index contributed by atoms with van der Waals surface area (Å²) in [4.78, 5) is 8.56. The van der Waals surface area contributed by atoms with E-state index in [2.05, 4.69) is 24.8 Å². The number of ether oxygens (including phenoxy) is 2. The molecule has 0 spiro atoms. The van der Waals surface area contributed by atoms with E-state index in [0.717, 1.165) is 45.1 Å². The van der Waals surface area contributed by atoms with E-state index in [4.69, 9.17) is 14.3 Å². The Balaban J connectivity index is 3.19. The topological polar surface area (TPSA) is 39.9 Å².